The third-order valence-corrected chi connectivity index (χ3v) is 3.03. The molecule has 0 aliphatic heterocycles. The second-order valence-corrected chi connectivity index (χ2v) is 4.61. The third-order valence-electron chi connectivity index (χ3n) is 3.03. The minimum atomic E-state index is 1.04. The molecule has 1 aromatic rings. The van der Waals surface area contributed by atoms with E-state index in [1.54, 1.807) is 5.57 Å². The molecule has 1 aromatic carbocycles. The summed E-state index contributed by atoms with van der Waals surface area (Å²) in [5, 5.41) is 0. The van der Waals surface area contributed by atoms with Gasteiger partial charge in [-0.25, -0.2) is 0 Å². The molecule has 1 aliphatic rings. The maximum atomic E-state index is 2.47. The Kier molecular flexibility index (Phi) is 4.57. The Hall–Kier alpha value is -1.34. The molecule has 0 bridgehead atoms. The van der Waals surface area contributed by atoms with Crippen LogP contribution in [0, 0.1) is 0 Å². The Morgan fingerprint density at radius 2 is 1.88 bits per heavy atom. The summed E-state index contributed by atoms with van der Waals surface area (Å²) in [5.41, 5.74) is 3.02. The van der Waals surface area contributed by atoms with Crippen LogP contribution in [0.25, 0.3) is 0 Å². The van der Waals surface area contributed by atoms with Gasteiger partial charge >= 0.3 is 0 Å². The molecule has 2 rings (SSSR count). The van der Waals surface area contributed by atoms with E-state index in [-0.39, 0.29) is 0 Å². The van der Waals surface area contributed by atoms with Gasteiger partial charge in [0.25, 0.3) is 0 Å². The minimum absolute atomic E-state index is 1.04. The lowest BCUT2D eigenvalue weighted by atomic mass is 10.2. The van der Waals surface area contributed by atoms with Crippen LogP contribution in [-0.4, -0.2) is 18.0 Å². The van der Waals surface area contributed by atoms with Crippen molar-refractivity contribution in [1.82, 2.24) is 4.90 Å². The SMILES string of the molecule is C/C=C/CN(CC=C1CC1)Cc1ccccc1. The summed E-state index contributed by atoms with van der Waals surface area (Å²) >= 11 is 0. The highest BCUT2D eigenvalue weighted by molar-refractivity contribution is 5.18. The van der Waals surface area contributed by atoms with Crippen molar-refractivity contribution in [2.45, 2.75) is 26.3 Å². The Morgan fingerprint density at radius 3 is 2.53 bits per heavy atom. The molecule has 0 N–H and O–H groups in total. The van der Waals surface area contributed by atoms with Crippen molar-refractivity contribution >= 4 is 0 Å². The fraction of sp³-hybridized carbons (Fsp3) is 0.375. The van der Waals surface area contributed by atoms with Gasteiger partial charge in [0, 0.05) is 19.6 Å². The van der Waals surface area contributed by atoms with Gasteiger partial charge in [-0.1, -0.05) is 54.1 Å². The lowest BCUT2D eigenvalue weighted by Crippen LogP contribution is -2.23. The molecule has 0 radical (unpaired) electrons. The highest BCUT2D eigenvalue weighted by Crippen LogP contribution is 2.27. The summed E-state index contributed by atoms with van der Waals surface area (Å²) in [4.78, 5) is 2.47. The van der Waals surface area contributed by atoms with E-state index in [0.717, 1.165) is 19.6 Å². The fourth-order valence-electron chi connectivity index (χ4n) is 1.83. The Morgan fingerprint density at radius 1 is 1.12 bits per heavy atom. The van der Waals surface area contributed by atoms with Crippen molar-refractivity contribution in [2.75, 3.05) is 13.1 Å². The molecule has 0 heterocycles. The molecule has 0 spiro atoms. The van der Waals surface area contributed by atoms with Crippen LogP contribution < -0.4 is 0 Å². The lowest BCUT2D eigenvalue weighted by molar-refractivity contribution is 0.327. The minimum Gasteiger partial charge on any atom is -0.292 e. The zero-order valence-electron chi connectivity index (χ0n) is 10.6. The van der Waals surface area contributed by atoms with E-state index < -0.39 is 0 Å². The molecule has 0 aromatic heterocycles. The first-order chi connectivity index (χ1) is 8.38. The van der Waals surface area contributed by atoms with E-state index in [0.29, 0.717) is 0 Å². The normalized spacial score (nSPS) is 14.6. The van der Waals surface area contributed by atoms with Gasteiger partial charge in [-0.3, -0.25) is 4.90 Å². The Labute approximate surface area is 104 Å². The van der Waals surface area contributed by atoms with Crippen LogP contribution in [0.1, 0.15) is 25.3 Å². The average Bonchev–Trinajstić information content (AvgIpc) is 3.18. The Balaban J connectivity index is 1.91. The van der Waals surface area contributed by atoms with Crippen molar-refractivity contribution in [3.63, 3.8) is 0 Å². The molecule has 1 saturated carbocycles. The highest BCUT2D eigenvalue weighted by Gasteiger charge is 2.11. The van der Waals surface area contributed by atoms with Gasteiger partial charge in [-0.05, 0) is 25.3 Å². The summed E-state index contributed by atoms with van der Waals surface area (Å²) in [6.45, 7) is 5.23. The van der Waals surface area contributed by atoms with Crippen LogP contribution in [-0.2, 0) is 6.54 Å². The second-order valence-electron chi connectivity index (χ2n) is 4.61. The van der Waals surface area contributed by atoms with Crippen LogP contribution in [0.15, 0.2) is 54.1 Å². The number of nitrogens with zero attached hydrogens (tertiary/aromatic N) is 1. The average molecular weight is 227 g/mol. The topological polar surface area (TPSA) is 3.24 Å². The molecule has 17 heavy (non-hydrogen) atoms. The van der Waals surface area contributed by atoms with Crippen LogP contribution >= 0.6 is 0 Å². The van der Waals surface area contributed by atoms with Crippen LogP contribution in [0.5, 0.6) is 0 Å². The smallest absolute Gasteiger partial charge is 0.0240 e. The second kappa shape index (κ2) is 6.41. The van der Waals surface area contributed by atoms with Crippen molar-refractivity contribution in [3.8, 4) is 0 Å². The number of rotatable bonds is 6. The van der Waals surface area contributed by atoms with Crippen molar-refractivity contribution in [2.24, 2.45) is 0 Å². The first-order valence-electron chi connectivity index (χ1n) is 6.44. The van der Waals surface area contributed by atoms with Gasteiger partial charge in [0.1, 0.15) is 0 Å². The van der Waals surface area contributed by atoms with Crippen LogP contribution in [0.3, 0.4) is 0 Å². The Bertz CT molecular complexity index is 383. The van der Waals surface area contributed by atoms with E-state index in [4.69, 9.17) is 0 Å². The van der Waals surface area contributed by atoms with Crippen LogP contribution in [0.2, 0.25) is 0 Å². The molecular weight excluding hydrogens is 206 g/mol. The molecule has 1 aliphatic carbocycles. The van der Waals surface area contributed by atoms with Gasteiger partial charge in [-0.2, -0.15) is 0 Å². The summed E-state index contributed by atoms with van der Waals surface area (Å²) in [6.07, 6.45) is 9.40. The van der Waals surface area contributed by atoms with E-state index in [1.807, 2.05) is 0 Å². The molecule has 0 unspecified atom stereocenters. The first-order valence-corrected chi connectivity index (χ1v) is 6.44. The standard InChI is InChI=1S/C16H21N/c1-2-3-12-17(13-11-15-9-10-15)14-16-7-5-4-6-8-16/h2-8,11H,9-10,12-14H2,1H3/b3-2+. The fourth-order valence-corrected chi connectivity index (χ4v) is 1.83. The summed E-state index contributed by atoms with van der Waals surface area (Å²) in [7, 11) is 0. The molecule has 0 atom stereocenters. The number of hydrogen-bond acceptors (Lipinski definition) is 1. The quantitative estimate of drug-likeness (QED) is 0.668. The summed E-state index contributed by atoms with van der Waals surface area (Å²) < 4.78 is 0. The van der Waals surface area contributed by atoms with Gasteiger partial charge in [0.15, 0.2) is 0 Å². The molecule has 0 amide bonds. The number of hydrogen-bond donors (Lipinski definition) is 0. The number of benzene rings is 1. The molecular formula is C16H21N. The number of allylic oxidation sites excluding steroid dienone is 2. The van der Waals surface area contributed by atoms with Crippen LogP contribution in [0.4, 0.5) is 0 Å². The van der Waals surface area contributed by atoms with Gasteiger partial charge in [0.05, 0.1) is 0 Å². The largest absolute Gasteiger partial charge is 0.292 e. The maximum Gasteiger partial charge on any atom is 0.0240 e. The van der Waals surface area contributed by atoms with Crippen molar-refractivity contribution < 1.29 is 0 Å². The highest BCUT2D eigenvalue weighted by atomic mass is 15.1. The van der Waals surface area contributed by atoms with Gasteiger partial charge in [0.2, 0.25) is 0 Å². The predicted octanol–water partition coefficient (Wildman–Crippen LogP) is 3.78. The molecule has 90 valence electrons. The first kappa shape index (κ1) is 12.1. The van der Waals surface area contributed by atoms with E-state index >= 15 is 0 Å². The molecule has 1 nitrogen and oxygen atoms in total. The van der Waals surface area contributed by atoms with Crippen molar-refractivity contribution in [1.29, 1.82) is 0 Å². The summed E-state index contributed by atoms with van der Waals surface area (Å²) in [5.74, 6) is 0. The van der Waals surface area contributed by atoms with E-state index in [2.05, 4.69) is 60.4 Å². The van der Waals surface area contributed by atoms with E-state index in [1.165, 1.54) is 18.4 Å². The van der Waals surface area contributed by atoms with Crippen molar-refractivity contribution in [3.05, 3.63) is 59.7 Å². The summed E-state index contributed by atoms with van der Waals surface area (Å²) in [6, 6.07) is 10.7. The molecule has 1 heteroatoms. The molecule has 0 saturated heterocycles. The zero-order chi connectivity index (χ0) is 11.9. The third kappa shape index (κ3) is 4.58. The zero-order valence-corrected chi connectivity index (χ0v) is 10.6. The monoisotopic (exact) mass is 227 g/mol. The van der Waals surface area contributed by atoms with Gasteiger partial charge < -0.3 is 0 Å². The maximum absolute atomic E-state index is 2.47. The lowest BCUT2D eigenvalue weighted by Gasteiger charge is -2.18. The van der Waals surface area contributed by atoms with Gasteiger partial charge in [-0.15, -0.1) is 0 Å². The van der Waals surface area contributed by atoms with E-state index in [9.17, 15) is 0 Å². The predicted molar refractivity (Wildman–Crippen MR) is 73.9 cm³/mol. The molecule has 1 fully saturated rings.